The minimum absolute atomic E-state index is 0.00879. The van der Waals surface area contributed by atoms with Crippen molar-refractivity contribution in [3.63, 3.8) is 0 Å². The molecule has 0 aromatic heterocycles. The summed E-state index contributed by atoms with van der Waals surface area (Å²) < 4.78 is 27.8. The average molecular weight is 245 g/mol. The maximum atomic E-state index is 11.1. The Morgan fingerprint density at radius 1 is 1.44 bits per heavy atom. The van der Waals surface area contributed by atoms with Crippen LogP contribution >= 0.6 is 0 Å². The Morgan fingerprint density at radius 2 is 2.31 bits per heavy atom. The van der Waals surface area contributed by atoms with Gasteiger partial charge in [-0.25, -0.2) is 8.42 Å². The Morgan fingerprint density at radius 3 is 2.94 bits per heavy atom. The molecule has 0 aliphatic carbocycles. The van der Waals surface area contributed by atoms with E-state index in [4.69, 9.17) is 4.74 Å². The number of hydrogen-bond acceptors (Lipinski definition) is 4. The molecule has 1 saturated heterocycles. The first kappa shape index (κ1) is 12.1. The highest BCUT2D eigenvalue weighted by Crippen LogP contribution is 2.16. The first-order valence-corrected chi connectivity index (χ1v) is 7.63. The van der Waals surface area contributed by atoms with Gasteiger partial charge >= 0.3 is 0 Å². The molecule has 0 radical (unpaired) electrons. The van der Waals surface area contributed by atoms with E-state index in [1.165, 1.54) is 18.2 Å². The van der Waals surface area contributed by atoms with Crippen molar-refractivity contribution in [1.29, 1.82) is 0 Å². The fraction of sp³-hybridized carbons (Fsp3) is 0.818. The molecule has 2 rings (SSSR count). The van der Waals surface area contributed by atoms with E-state index in [0.717, 1.165) is 26.0 Å². The summed E-state index contributed by atoms with van der Waals surface area (Å²) in [6.45, 7) is 1.77. The van der Waals surface area contributed by atoms with Gasteiger partial charge in [0.25, 0.3) is 0 Å². The minimum atomic E-state index is -2.92. The van der Waals surface area contributed by atoms with Crippen LogP contribution in [0.25, 0.3) is 0 Å². The Hall–Kier alpha value is -0.390. The zero-order chi connectivity index (χ0) is 11.4. The topological polar surface area (TPSA) is 55.4 Å². The Balaban J connectivity index is 1.57. The molecule has 4 nitrogen and oxygen atoms in total. The zero-order valence-electron chi connectivity index (χ0n) is 9.39. The van der Waals surface area contributed by atoms with Gasteiger partial charge in [0, 0.05) is 18.1 Å². The van der Waals surface area contributed by atoms with Crippen molar-refractivity contribution in [2.24, 2.45) is 0 Å². The van der Waals surface area contributed by atoms with Gasteiger partial charge in [0.2, 0.25) is 0 Å². The Bertz CT molecular complexity index is 344. The first-order valence-electron chi connectivity index (χ1n) is 5.92. The maximum absolute atomic E-state index is 11.1. The van der Waals surface area contributed by atoms with Gasteiger partial charge < -0.3 is 10.1 Å². The lowest BCUT2D eigenvalue weighted by Crippen LogP contribution is -2.31. The predicted octanol–water partition coefficient (Wildman–Crippen LogP) is 0.846. The largest absolute Gasteiger partial charge is 0.378 e. The lowest BCUT2D eigenvalue weighted by Gasteiger charge is -2.12. The zero-order valence-corrected chi connectivity index (χ0v) is 10.2. The number of sulfone groups is 1. The molecule has 0 aromatic carbocycles. The molecular weight excluding hydrogens is 226 g/mol. The molecule has 1 N–H and O–H groups in total. The summed E-state index contributed by atoms with van der Waals surface area (Å²) in [5.74, 6) is 0.215. The van der Waals surface area contributed by atoms with E-state index in [1.807, 2.05) is 0 Å². The molecule has 16 heavy (non-hydrogen) atoms. The van der Waals surface area contributed by atoms with E-state index in [1.54, 1.807) is 6.08 Å². The standard InChI is InChI=1S/C11H19NO3S/c13-16(14)8-5-10(9-16)12-6-1-3-11-4-2-7-15-11/h5,8,10-12H,1-4,6-7,9H2. The predicted molar refractivity (Wildman–Crippen MR) is 62.9 cm³/mol. The highest BCUT2D eigenvalue weighted by Gasteiger charge is 2.21. The molecule has 1 fully saturated rings. The van der Waals surface area contributed by atoms with Crippen molar-refractivity contribution >= 4 is 9.84 Å². The van der Waals surface area contributed by atoms with Gasteiger partial charge in [0.1, 0.15) is 0 Å². The van der Waals surface area contributed by atoms with Crippen molar-refractivity contribution in [1.82, 2.24) is 5.32 Å². The molecule has 5 heteroatoms. The molecule has 2 atom stereocenters. The van der Waals surface area contributed by atoms with Crippen LogP contribution < -0.4 is 5.32 Å². The quantitative estimate of drug-likeness (QED) is 0.729. The van der Waals surface area contributed by atoms with E-state index in [0.29, 0.717) is 6.10 Å². The molecule has 2 heterocycles. The van der Waals surface area contributed by atoms with Crippen molar-refractivity contribution < 1.29 is 13.2 Å². The third-order valence-electron chi connectivity index (χ3n) is 3.06. The van der Waals surface area contributed by atoms with Crippen molar-refractivity contribution in [3.8, 4) is 0 Å². The summed E-state index contributed by atoms with van der Waals surface area (Å²) in [6, 6.07) is 0.00879. The summed E-state index contributed by atoms with van der Waals surface area (Å²) >= 11 is 0. The summed E-state index contributed by atoms with van der Waals surface area (Å²) in [5.41, 5.74) is 0. The second kappa shape index (κ2) is 5.29. The maximum Gasteiger partial charge on any atom is 0.173 e. The molecule has 0 amide bonds. The third-order valence-corrected chi connectivity index (χ3v) is 4.46. The second-order valence-electron chi connectivity index (χ2n) is 4.50. The van der Waals surface area contributed by atoms with Gasteiger partial charge in [-0.2, -0.15) is 0 Å². The van der Waals surface area contributed by atoms with Gasteiger partial charge in [-0.1, -0.05) is 6.08 Å². The van der Waals surface area contributed by atoms with Gasteiger partial charge in [0.05, 0.1) is 11.9 Å². The highest BCUT2D eigenvalue weighted by molar-refractivity contribution is 7.94. The monoisotopic (exact) mass is 245 g/mol. The molecule has 2 aliphatic heterocycles. The van der Waals surface area contributed by atoms with Crippen LogP contribution in [0, 0.1) is 0 Å². The van der Waals surface area contributed by atoms with Gasteiger partial charge in [-0.3, -0.25) is 0 Å². The highest BCUT2D eigenvalue weighted by atomic mass is 32.2. The summed E-state index contributed by atoms with van der Waals surface area (Å²) in [6.07, 6.45) is 6.66. The van der Waals surface area contributed by atoms with Gasteiger partial charge in [-0.15, -0.1) is 0 Å². The van der Waals surface area contributed by atoms with E-state index >= 15 is 0 Å². The van der Waals surface area contributed by atoms with E-state index in [2.05, 4.69) is 5.32 Å². The summed E-state index contributed by atoms with van der Waals surface area (Å²) in [7, 11) is -2.92. The fourth-order valence-corrected chi connectivity index (χ4v) is 3.46. The number of nitrogens with one attached hydrogen (secondary N) is 1. The smallest absolute Gasteiger partial charge is 0.173 e. The van der Waals surface area contributed by atoms with Crippen LogP contribution in [-0.2, 0) is 14.6 Å². The second-order valence-corrected chi connectivity index (χ2v) is 6.43. The Labute approximate surface area is 97.0 Å². The minimum Gasteiger partial charge on any atom is -0.378 e. The lowest BCUT2D eigenvalue weighted by molar-refractivity contribution is 0.102. The summed E-state index contributed by atoms with van der Waals surface area (Å²) in [5, 5.41) is 4.55. The van der Waals surface area contributed by atoms with Crippen LogP contribution in [0.1, 0.15) is 25.7 Å². The molecule has 2 aliphatic rings. The molecule has 0 bridgehead atoms. The van der Waals surface area contributed by atoms with Crippen LogP contribution in [0.3, 0.4) is 0 Å². The van der Waals surface area contributed by atoms with Crippen LogP contribution in [0.4, 0.5) is 0 Å². The van der Waals surface area contributed by atoms with Crippen LogP contribution in [0.2, 0.25) is 0 Å². The molecule has 92 valence electrons. The number of hydrogen-bond donors (Lipinski definition) is 1. The van der Waals surface area contributed by atoms with Crippen LogP contribution in [0.5, 0.6) is 0 Å². The fourth-order valence-electron chi connectivity index (χ4n) is 2.19. The van der Waals surface area contributed by atoms with Crippen molar-refractivity contribution in [3.05, 3.63) is 11.5 Å². The SMILES string of the molecule is O=S1(=O)C=CC(NCCCC2CCCO2)C1. The molecular formula is C11H19NO3S. The number of rotatable bonds is 5. The van der Waals surface area contributed by atoms with Gasteiger partial charge in [-0.05, 0) is 32.2 Å². The van der Waals surface area contributed by atoms with Crippen molar-refractivity contribution in [2.45, 2.75) is 37.8 Å². The average Bonchev–Trinajstić information content (AvgIpc) is 2.82. The third kappa shape index (κ3) is 3.57. The normalized spacial score (nSPS) is 32.2. The lowest BCUT2D eigenvalue weighted by atomic mass is 10.1. The molecule has 0 spiro atoms. The van der Waals surface area contributed by atoms with Crippen molar-refractivity contribution in [2.75, 3.05) is 18.9 Å². The summed E-state index contributed by atoms with van der Waals surface area (Å²) in [4.78, 5) is 0. The van der Waals surface area contributed by atoms with Crippen LogP contribution in [-0.4, -0.2) is 39.5 Å². The van der Waals surface area contributed by atoms with Gasteiger partial charge in [0.15, 0.2) is 9.84 Å². The van der Waals surface area contributed by atoms with E-state index in [9.17, 15) is 8.42 Å². The molecule has 0 saturated carbocycles. The van der Waals surface area contributed by atoms with Crippen LogP contribution in [0.15, 0.2) is 11.5 Å². The van der Waals surface area contributed by atoms with E-state index < -0.39 is 9.84 Å². The number of ether oxygens (including phenoxy) is 1. The molecule has 0 aromatic rings. The first-order chi connectivity index (χ1) is 7.66. The molecule has 2 unspecified atom stereocenters. The Kier molecular flexibility index (Phi) is 4.00. The van der Waals surface area contributed by atoms with E-state index in [-0.39, 0.29) is 11.8 Å².